The summed E-state index contributed by atoms with van der Waals surface area (Å²) < 4.78 is 27.1. The lowest BCUT2D eigenvalue weighted by Crippen LogP contribution is -2.52. The third kappa shape index (κ3) is 5.49. The van der Waals surface area contributed by atoms with Gasteiger partial charge in [0.15, 0.2) is 0 Å². The fraction of sp³-hybridized carbons (Fsp3) is 0.455. The molecule has 0 spiro atoms. The molecule has 3 aromatic rings. The van der Waals surface area contributed by atoms with E-state index in [1.165, 1.54) is 0 Å². The van der Waals surface area contributed by atoms with Crippen LogP contribution in [0, 0.1) is 11.7 Å². The molecule has 1 aromatic heterocycles. The summed E-state index contributed by atoms with van der Waals surface area (Å²) in [4.78, 5) is 45.4. The van der Waals surface area contributed by atoms with Crippen LogP contribution in [0.15, 0.2) is 42.5 Å². The van der Waals surface area contributed by atoms with Crippen LogP contribution in [0.25, 0.3) is 10.9 Å². The van der Waals surface area contributed by atoms with Crippen molar-refractivity contribution in [1.29, 1.82) is 0 Å². The second-order valence-corrected chi connectivity index (χ2v) is 12.3. The number of hydrogen-bond donors (Lipinski definition) is 1. The predicted molar refractivity (Wildman–Crippen MR) is 156 cm³/mol. The third-order valence-corrected chi connectivity index (χ3v) is 9.27. The summed E-state index contributed by atoms with van der Waals surface area (Å²) in [5.74, 6) is 0.0342. The summed E-state index contributed by atoms with van der Waals surface area (Å²) in [6.45, 7) is 6.02. The molecule has 0 saturated carbocycles. The number of nitrogens with zero attached hydrogens (tertiary/aromatic N) is 3. The van der Waals surface area contributed by atoms with Gasteiger partial charge in [0, 0.05) is 74.3 Å². The van der Waals surface area contributed by atoms with Gasteiger partial charge in [-0.1, -0.05) is 13.0 Å². The van der Waals surface area contributed by atoms with Crippen LogP contribution < -0.4 is 10.1 Å². The van der Waals surface area contributed by atoms with E-state index in [1.807, 2.05) is 24.3 Å². The molecule has 5 heterocycles. The first-order valence-electron chi connectivity index (χ1n) is 15.2. The smallest absolute Gasteiger partial charge is 0.255 e. The number of hydrogen-bond acceptors (Lipinski definition) is 7. The predicted octanol–water partition coefficient (Wildman–Crippen LogP) is 3.93. The Morgan fingerprint density at radius 3 is 2.70 bits per heavy atom. The Bertz CT molecular complexity index is 1610. The number of piperidine rings is 1. The Kier molecular flexibility index (Phi) is 7.34. The van der Waals surface area contributed by atoms with E-state index in [1.54, 1.807) is 23.1 Å². The van der Waals surface area contributed by atoms with E-state index in [0.29, 0.717) is 48.8 Å². The molecule has 43 heavy (non-hydrogen) atoms. The van der Waals surface area contributed by atoms with Crippen LogP contribution in [0.2, 0.25) is 0 Å². The normalized spacial score (nSPS) is 24.9. The number of benzene rings is 2. The molecule has 4 aliphatic rings. The maximum absolute atomic E-state index is 15.2. The molecular weight excluding hydrogens is 551 g/mol. The lowest BCUT2D eigenvalue weighted by atomic mass is 9.95. The molecule has 0 radical (unpaired) electrons. The SMILES string of the molecule is C[C@@H]1CN(Cc2cc(F)c3nc(C4CCOCC4)ccc3c2)C[C@H]1Oc1ccc2c(c1)CN(C1CCC(=O)NC1=O)C2=O. The van der Waals surface area contributed by atoms with Gasteiger partial charge in [-0.3, -0.25) is 24.6 Å². The number of rotatable bonds is 6. The molecule has 0 bridgehead atoms. The van der Waals surface area contributed by atoms with Crippen molar-refractivity contribution in [2.45, 2.75) is 63.8 Å². The number of carbonyl (C=O) groups is 3. The quantitative estimate of drug-likeness (QED) is 0.437. The molecule has 3 fully saturated rings. The molecule has 3 saturated heterocycles. The highest BCUT2D eigenvalue weighted by molar-refractivity contribution is 6.05. The van der Waals surface area contributed by atoms with E-state index >= 15 is 4.39 Å². The Labute approximate surface area is 249 Å². The summed E-state index contributed by atoms with van der Waals surface area (Å²) in [6, 6.07) is 12.5. The van der Waals surface area contributed by atoms with Gasteiger partial charge in [-0.15, -0.1) is 0 Å². The summed E-state index contributed by atoms with van der Waals surface area (Å²) in [5, 5.41) is 3.15. The zero-order valence-corrected chi connectivity index (χ0v) is 24.2. The first-order chi connectivity index (χ1) is 20.8. The molecule has 1 unspecified atom stereocenters. The van der Waals surface area contributed by atoms with Crippen molar-refractivity contribution >= 4 is 28.6 Å². The molecular formula is C33H35FN4O5. The standard InChI is InChI=1S/C33H35FN4O5/c1-19-15-37(16-20-12-22-2-5-27(21-8-10-42-11-9-21)35-31(22)26(34)13-20)18-29(19)43-24-3-4-25-23(14-24)17-38(33(25)41)28-6-7-30(39)36-32(28)40/h2-5,12-14,19,21,28-29H,6-11,15-18H2,1H3,(H,36,39,40)/t19-,28?,29-/m1/s1. The van der Waals surface area contributed by atoms with Crippen LogP contribution in [0.4, 0.5) is 4.39 Å². The number of imide groups is 1. The van der Waals surface area contributed by atoms with Crippen molar-refractivity contribution in [3.05, 3.63) is 70.7 Å². The van der Waals surface area contributed by atoms with Gasteiger partial charge in [0.25, 0.3) is 5.91 Å². The Morgan fingerprint density at radius 2 is 1.88 bits per heavy atom. The van der Waals surface area contributed by atoms with E-state index in [4.69, 9.17) is 9.47 Å². The monoisotopic (exact) mass is 586 g/mol. The van der Waals surface area contributed by atoms with Gasteiger partial charge in [-0.05, 0) is 66.8 Å². The molecule has 224 valence electrons. The first kappa shape index (κ1) is 27.9. The molecule has 3 atom stereocenters. The summed E-state index contributed by atoms with van der Waals surface area (Å²) >= 11 is 0. The van der Waals surface area contributed by atoms with Crippen LogP contribution in [0.1, 0.15) is 65.7 Å². The zero-order chi connectivity index (χ0) is 29.7. The minimum absolute atomic E-state index is 0.0598. The van der Waals surface area contributed by atoms with Gasteiger partial charge < -0.3 is 14.4 Å². The van der Waals surface area contributed by atoms with Crippen LogP contribution in [-0.4, -0.2) is 71.0 Å². The zero-order valence-electron chi connectivity index (χ0n) is 24.2. The Hall–Kier alpha value is -3.89. The highest BCUT2D eigenvalue weighted by Gasteiger charge is 2.39. The highest BCUT2D eigenvalue weighted by atomic mass is 19.1. The summed E-state index contributed by atoms with van der Waals surface area (Å²) in [5.41, 5.74) is 3.65. The lowest BCUT2D eigenvalue weighted by molar-refractivity contribution is -0.136. The molecule has 2 aromatic carbocycles. The van der Waals surface area contributed by atoms with E-state index in [2.05, 4.69) is 22.1 Å². The van der Waals surface area contributed by atoms with Crippen molar-refractivity contribution in [2.75, 3.05) is 26.3 Å². The minimum Gasteiger partial charge on any atom is -0.489 e. The number of amides is 3. The Balaban J connectivity index is 0.999. The summed E-state index contributed by atoms with van der Waals surface area (Å²) in [6.07, 6.45) is 2.33. The van der Waals surface area contributed by atoms with Crippen molar-refractivity contribution in [3.63, 3.8) is 0 Å². The van der Waals surface area contributed by atoms with Crippen molar-refractivity contribution < 1.29 is 28.2 Å². The van der Waals surface area contributed by atoms with Gasteiger partial charge in [0.2, 0.25) is 11.8 Å². The van der Waals surface area contributed by atoms with Crippen molar-refractivity contribution in [2.24, 2.45) is 5.92 Å². The molecule has 0 aliphatic carbocycles. The van der Waals surface area contributed by atoms with Crippen LogP contribution >= 0.6 is 0 Å². The third-order valence-electron chi connectivity index (χ3n) is 9.27. The Morgan fingerprint density at radius 1 is 1.05 bits per heavy atom. The summed E-state index contributed by atoms with van der Waals surface area (Å²) in [7, 11) is 0. The average Bonchev–Trinajstić information content (AvgIpc) is 3.50. The highest BCUT2D eigenvalue weighted by Crippen LogP contribution is 2.33. The molecule has 4 aliphatic heterocycles. The maximum atomic E-state index is 15.2. The number of likely N-dealkylation sites (tertiary alicyclic amines) is 1. The number of fused-ring (bicyclic) bond motifs is 2. The molecule has 7 rings (SSSR count). The lowest BCUT2D eigenvalue weighted by Gasteiger charge is -2.29. The van der Waals surface area contributed by atoms with Crippen LogP contribution in [0.3, 0.4) is 0 Å². The van der Waals surface area contributed by atoms with E-state index in [-0.39, 0.29) is 36.1 Å². The second kappa shape index (κ2) is 11.3. The number of halogens is 1. The molecule has 10 heteroatoms. The maximum Gasteiger partial charge on any atom is 0.255 e. The molecule has 1 N–H and O–H groups in total. The van der Waals surface area contributed by atoms with E-state index in [0.717, 1.165) is 54.8 Å². The van der Waals surface area contributed by atoms with Gasteiger partial charge in [-0.2, -0.15) is 0 Å². The number of carbonyl (C=O) groups excluding carboxylic acids is 3. The number of ether oxygens (including phenoxy) is 2. The van der Waals surface area contributed by atoms with Crippen molar-refractivity contribution in [1.82, 2.24) is 20.1 Å². The number of nitrogens with one attached hydrogen (secondary N) is 1. The van der Waals surface area contributed by atoms with Gasteiger partial charge >= 0.3 is 0 Å². The average molecular weight is 587 g/mol. The van der Waals surface area contributed by atoms with Crippen LogP contribution in [-0.2, 0) is 27.4 Å². The number of aromatic nitrogens is 1. The first-order valence-corrected chi connectivity index (χ1v) is 15.2. The fourth-order valence-electron chi connectivity index (χ4n) is 6.95. The van der Waals surface area contributed by atoms with Gasteiger partial charge in [0.05, 0.1) is 0 Å². The van der Waals surface area contributed by atoms with Crippen molar-refractivity contribution in [3.8, 4) is 5.75 Å². The van der Waals surface area contributed by atoms with E-state index in [9.17, 15) is 14.4 Å². The fourth-order valence-corrected chi connectivity index (χ4v) is 6.95. The second-order valence-electron chi connectivity index (χ2n) is 12.3. The topological polar surface area (TPSA) is 101 Å². The van der Waals surface area contributed by atoms with Gasteiger partial charge in [-0.25, -0.2) is 9.37 Å². The molecule has 3 amide bonds. The van der Waals surface area contributed by atoms with Crippen LogP contribution in [0.5, 0.6) is 5.75 Å². The minimum atomic E-state index is -0.643. The van der Waals surface area contributed by atoms with E-state index < -0.39 is 11.9 Å². The largest absolute Gasteiger partial charge is 0.489 e. The van der Waals surface area contributed by atoms with Gasteiger partial charge in [0.1, 0.15) is 29.2 Å². The number of pyridine rings is 1. The molecule has 9 nitrogen and oxygen atoms in total.